The van der Waals surface area contributed by atoms with Gasteiger partial charge in [-0.05, 0) is 37.5 Å². The molecule has 0 aliphatic carbocycles. The van der Waals surface area contributed by atoms with E-state index < -0.39 is 0 Å². The molecule has 1 atom stereocenters. The Morgan fingerprint density at radius 3 is 2.93 bits per heavy atom. The van der Waals surface area contributed by atoms with Gasteiger partial charge in [-0.2, -0.15) is 0 Å². The molecule has 1 saturated heterocycles. The lowest BCUT2D eigenvalue weighted by Crippen LogP contribution is -2.40. The normalized spacial score (nSPS) is 19.9. The summed E-state index contributed by atoms with van der Waals surface area (Å²) >= 11 is 0. The Balaban J connectivity index is 1.47. The number of hydrogen-bond donors (Lipinski definition) is 1. The molecule has 0 aromatic heterocycles. The summed E-state index contributed by atoms with van der Waals surface area (Å²) in [5.74, 6) is 1.91. The molecule has 1 aromatic rings. The van der Waals surface area contributed by atoms with E-state index in [0.717, 1.165) is 62.5 Å². The molecule has 0 spiro atoms. The minimum Gasteiger partial charge on any atom is -0.497 e. The summed E-state index contributed by atoms with van der Waals surface area (Å²) in [4.78, 5) is 28.2. The first-order chi connectivity index (χ1) is 14.1. The molecule has 7 heteroatoms. The monoisotopic (exact) mass is 403 g/mol. The fourth-order valence-corrected chi connectivity index (χ4v) is 3.89. The van der Waals surface area contributed by atoms with Crippen molar-refractivity contribution in [3.8, 4) is 11.5 Å². The van der Waals surface area contributed by atoms with Crippen LogP contribution >= 0.6 is 0 Å². The highest BCUT2D eigenvalue weighted by Gasteiger charge is 2.22. The second-order valence-corrected chi connectivity index (χ2v) is 7.79. The van der Waals surface area contributed by atoms with Crippen molar-refractivity contribution in [1.82, 2.24) is 15.1 Å². The molecule has 2 aliphatic heterocycles. The van der Waals surface area contributed by atoms with E-state index in [-0.39, 0.29) is 17.9 Å². The third-order valence-corrected chi connectivity index (χ3v) is 5.65. The number of amides is 2. The van der Waals surface area contributed by atoms with Gasteiger partial charge in [0.1, 0.15) is 17.6 Å². The Bertz CT molecular complexity index is 709. The molecule has 1 N–H and O–H groups in total. The Kier molecular flexibility index (Phi) is 7.75. The lowest BCUT2D eigenvalue weighted by atomic mass is 10.1. The van der Waals surface area contributed by atoms with E-state index in [0.29, 0.717) is 25.9 Å². The molecule has 1 aromatic carbocycles. The molecule has 1 fully saturated rings. The van der Waals surface area contributed by atoms with Crippen molar-refractivity contribution in [3.63, 3.8) is 0 Å². The lowest BCUT2D eigenvalue weighted by Gasteiger charge is -2.26. The highest BCUT2D eigenvalue weighted by molar-refractivity contribution is 5.79. The van der Waals surface area contributed by atoms with E-state index in [1.807, 2.05) is 23.1 Å². The molecule has 2 amide bonds. The molecule has 0 bridgehead atoms. The van der Waals surface area contributed by atoms with Crippen molar-refractivity contribution >= 4 is 11.8 Å². The van der Waals surface area contributed by atoms with Crippen LogP contribution < -0.4 is 14.8 Å². The van der Waals surface area contributed by atoms with Crippen LogP contribution in [0.2, 0.25) is 0 Å². The van der Waals surface area contributed by atoms with Crippen molar-refractivity contribution in [2.75, 3.05) is 39.8 Å². The maximum absolute atomic E-state index is 12.2. The topological polar surface area (TPSA) is 71.1 Å². The molecule has 29 heavy (non-hydrogen) atoms. The van der Waals surface area contributed by atoms with Crippen molar-refractivity contribution in [1.29, 1.82) is 0 Å². The smallest absolute Gasteiger partial charge is 0.222 e. The number of likely N-dealkylation sites (tertiary alicyclic amines) is 1. The summed E-state index contributed by atoms with van der Waals surface area (Å²) in [5, 5.41) is 3.00. The van der Waals surface area contributed by atoms with Gasteiger partial charge in [-0.1, -0.05) is 6.92 Å². The second kappa shape index (κ2) is 10.5. The number of hydrogen-bond acceptors (Lipinski definition) is 5. The van der Waals surface area contributed by atoms with Crippen molar-refractivity contribution in [3.05, 3.63) is 23.8 Å². The predicted molar refractivity (Wildman–Crippen MR) is 111 cm³/mol. The zero-order valence-corrected chi connectivity index (χ0v) is 17.6. The van der Waals surface area contributed by atoms with E-state index in [1.165, 1.54) is 0 Å². The van der Waals surface area contributed by atoms with Crippen molar-refractivity contribution < 1.29 is 19.1 Å². The zero-order chi connectivity index (χ0) is 20.6. The molecule has 3 rings (SSSR count). The number of ether oxygens (including phenoxy) is 2. The Labute approximate surface area is 173 Å². The second-order valence-electron chi connectivity index (χ2n) is 7.79. The van der Waals surface area contributed by atoms with E-state index >= 15 is 0 Å². The van der Waals surface area contributed by atoms with Gasteiger partial charge in [0.05, 0.1) is 7.11 Å². The van der Waals surface area contributed by atoms with Crippen LogP contribution in [0.5, 0.6) is 11.5 Å². The van der Waals surface area contributed by atoms with Gasteiger partial charge in [-0.25, -0.2) is 0 Å². The molecule has 2 aliphatic rings. The quantitative estimate of drug-likeness (QED) is 0.720. The molecule has 0 unspecified atom stereocenters. The van der Waals surface area contributed by atoms with Crippen LogP contribution in [0.1, 0.15) is 44.6 Å². The average molecular weight is 404 g/mol. The lowest BCUT2D eigenvalue weighted by molar-refractivity contribution is -0.133. The van der Waals surface area contributed by atoms with E-state index in [2.05, 4.69) is 17.1 Å². The van der Waals surface area contributed by atoms with E-state index in [1.54, 1.807) is 7.11 Å². The number of nitrogens with zero attached hydrogens (tertiary/aromatic N) is 2. The molecule has 7 nitrogen and oxygen atoms in total. The van der Waals surface area contributed by atoms with E-state index in [4.69, 9.17) is 9.47 Å². The van der Waals surface area contributed by atoms with Crippen LogP contribution in [-0.4, -0.2) is 67.6 Å². The summed E-state index contributed by atoms with van der Waals surface area (Å²) < 4.78 is 11.5. The molecular weight excluding hydrogens is 370 g/mol. The molecule has 0 saturated carbocycles. The van der Waals surface area contributed by atoms with Crippen LogP contribution in [0.3, 0.4) is 0 Å². The van der Waals surface area contributed by atoms with Crippen LogP contribution in [0, 0.1) is 0 Å². The first-order valence-electron chi connectivity index (χ1n) is 10.7. The number of methoxy groups -OCH3 is 1. The third kappa shape index (κ3) is 6.10. The Hall–Kier alpha value is -2.28. The van der Waals surface area contributed by atoms with Gasteiger partial charge in [0.2, 0.25) is 11.8 Å². The maximum Gasteiger partial charge on any atom is 0.222 e. The van der Waals surface area contributed by atoms with Crippen molar-refractivity contribution in [2.45, 2.75) is 51.7 Å². The minimum absolute atomic E-state index is 0.00329. The summed E-state index contributed by atoms with van der Waals surface area (Å²) in [6.07, 6.45) is 4.04. The Morgan fingerprint density at radius 1 is 1.31 bits per heavy atom. The summed E-state index contributed by atoms with van der Waals surface area (Å²) in [6.45, 7) is 6.36. The molecule has 0 radical (unpaired) electrons. The zero-order valence-electron chi connectivity index (χ0n) is 17.6. The van der Waals surface area contributed by atoms with Gasteiger partial charge in [0.15, 0.2) is 0 Å². The van der Waals surface area contributed by atoms with Crippen LogP contribution in [0.25, 0.3) is 0 Å². The van der Waals surface area contributed by atoms with Gasteiger partial charge in [0, 0.05) is 57.7 Å². The Morgan fingerprint density at radius 2 is 2.17 bits per heavy atom. The molecule has 160 valence electrons. The van der Waals surface area contributed by atoms with Crippen molar-refractivity contribution in [2.24, 2.45) is 0 Å². The molecule has 2 heterocycles. The number of piperidine rings is 1. The number of carbonyl (C=O) groups is 2. The SMILES string of the molecule is CC[C@@H]1CN(CCNC(=O)CCN2CCCCC2=O)Cc2cc(OC)ccc2O1. The summed E-state index contributed by atoms with van der Waals surface area (Å²) in [6, 6.07) is 5.92. The molecular formula is C22H33N3O4. The van der Waals surface area contributed by atoms with Gasteiger partial charge < -0.3 is 19.7 Å². The standard InChI is InChI=1S/C22H33N3O4/c1-3-18-16-24(15-17-14-19(28-2)7-8-20(17)29-18)13-10-23-21(26)9-12-25-11-5-4-6-22(25)27/h7-8,14,18H,3-6,9-13,15-16H2,1-2H3,(H,23,26)/t18-/m1/s1. The number of rotatable bonds is 8. The third-order valence-electron chi connectivity index (χ3n) is 5.65. The number of nitrogens with one attached hydrogen (secondary N) is 1. The van der Waals surface area contributed by atoms with Crippen LogP contribution in [0.15, 0.2) is 18.2 Å². The van der Waals surface area contributed by atoms with Crippen LogP contribution in [-0.2, 0) is 16.1 Å². The summed E-state index contributed by atoms with van der Waals surface area (Å²) in [5.41, 5.74) is 1.11. The van der Waals surface area contributed by atoms with Gasteiger partial charge in [-0.15, -0.1) is 0 Å². The minimum atomic E-state index is 0.00329. The maximum atomic E-state index is 12.2. The number of carbonyl (C=O) groups excluding carboxylic acids is 2. The predicted octanol–water partition coefficient (Wildman–Crippen LogP) is 2.19. The largest absolute Gasteiger partial charge is 0.497 e. The fraction of sp³-hybridized carbons (Fsp3) is 0.636. The summed E-state index contributed by atoms with van der Waals surface area (Å²) in [7, 11) is 1.67. The highest BCUT2D eigenvalue weighted by atomic mass is 16.5. The van der Waals surface area contributed by atoms with Gasteiger partial charge in [-0.3, -0.25) is 14.5 Å². The first kappa shape index (κ1) is 21.4. The highest BCUT2D eigenvalue weighted by Crippen LogP contribution is 2.29. The van der Waals surface area contributed by atoms with E-state index in [9.17, 15) is 9.59 Å². The van der Waals surface area contributed by atoms with Gasteiger partial charge >= 0.3 is 0 Å². The van der Waals surface area contributed by atoms with Crippen LogP contribution in [0.4, 0.5) is 0 Å². The van der Waals surface area contributed by atoms with Gasteiger partial charge in [0.25, 0.3) is 0 Å². The first-order valence-corrected chi connectivity index (χ1v) is 10.7. The fourth-order valence-electron chi connectivity index (χ4n) is 3.89. The number of benzene rings is 1. The average Bonchev–Trinajstić information content (AvgIpc) is 2.91. The number of fused-ring (bicyclic) bond motifs is 1.